The van der Waals surface area contributed by atoms with E-state index < -0.39 is 30.2 Å². The van der Waals surface area contributed by atoms with Gasteiger partial charge in [-0.05, 0) is 12.8 Å². The summed E-state index contributed by atoms with van der Waals surface area (Å²) in [7, 11) is 0. The van der Waals surface area contributed by atoms with Gasteiger partial charge in [0.2, 0.25) is 0 Å². The summed E-state index contributed by atoms with van der Waals surface area (Å²) in [5.41, 5.74) is 0. The number of hydrogen-bond acceptors (Lipinski definition) is 3. The number of nitrogens with zero attached hydrogens (tertiary/aromatic N) is 2. The predicted octanol–water partition coefficient (Wildman–Crippen LogP) is 0.695. The van der Waals surface area contributed by atoms with Crippen molar-refractivity contribution in [2.24, 2.45) is 5.92 Å². The molecule has 4 atom stereocenters. The first-order valence-corrected chi connectivity index (χ1v) is 5.93. The van der Waals surface area contributed by atoms with Gasteiger partial charge in [-0.25, -0.2) is 9.59 Å². The number of carbonyl (C=O) groups excluding carboxylic acids is 1. The lowest BCUT2D eigenvalue weighted by Gasteiger charge is -2.45. The molecule has 2 fully saturated rings. The average molecular weight is 256 g/mol. The Morgan fingerprint density at radius 2 is 1.94 bits per heavy atom. The largest absolute Gasteiger partial charge is 0.465 e. The first kappa shape index (κ1) is 12.7. The SMILES string of the molecule is C[C@H](C=O)[C@H]1[C@@H]2CC[C@H](CN1C(=O)O)N2C(=O)O. The number of likely N-dealkylation sites (tertiary alicyclic amines) is 1. The molecular weight excluding hydrogens is 240 g/mol. The summed E-state index contributed by atoms with van der Waals surface area (Å²) in [4.78, 5) is 35.9. The topological polar surface area (TPSA) is 98.2 Å². The van der Waals surface area contributed by atoms with E-state index in [2.05, 4.69) is 0 Å². The minimum Gasteiger partial charge on any atom is -0.465 e. The molecule has 0 radical (unpaired) electrons. The van der Waals surface area contributed by atoms with Crippen LogP contribution in [0.2, 0.25) is 0 Å². The molecule has 2 saturated heterocycles. The smallest absolute Gasteiger partial charge is 0.407 e. The van der Waals surface area contributed by atoms with Gasteiger partial charge in [0.25, 0.3) is 0 Å². The number of piperazine rings is 1. The van der Waals surface area contributed by atoms with E-state index in [1.165, 1.54) is 9.80 Å². The number of amides is 2. The fourth-order valence-corrected chi connectivity index (χ4v) is 3.20. The third-order valence-corrected chi connectivity index (χ3v) is 3.93. The molecule has 2 rings (SSSR count). The third kappa shape index (κ3) is 1.79. The molecule has 0 unspecified atom stereocenters. The molecular formula is C11H16N2O5. The Hall–Kier alpha value is -1.79. The van der Waals surface area contributed by atoms with Crippen molar-refractivity contribution in [1.82, 2.24) is 9.80 Å². The number of carboxylic acid groups (broad SMARTS) is 2. The Balaban J connectivity index is 2.33. The molecule has 0 aromatic carbocycles. The molecule has 2 bridgehead atoms. The second-order valence-corrected chi connectivity index (χ2v) is 4.91. The fraction of sp³-hybridized carbons (Fsp3) is 0.727. The summed E-state index contributed by atoms with van der Waals surface area (Å²) in [6.45, 7) is 1.78. The number of aldehydes is 1. The maximum absolute atomic E-state index is 11.2. The number of hydrogen-bond donors (Lipinski definition) is 2. The van der Waals surface area contributed by atoms with Crippen LogP contribution < -0.4 is 0 Å². The van der Waals surface area contributed by atoms with Crippen LogP contribution in [-0.2, 0) is 4.79 Å². The highest BCUT2D eigenvalue weighted by Gasteiger charge is 2.51. The van der Waals surface area contributed by atoms with Gasteiger partial charge in [0.05, 0.1) is 18.1 Å². The van der Waals surface area contributed by atoms with Crippen LogP contribution in [0.1, 0.15) is 19.8 Å². The van der Waals surface area contributed by atoms with Crippen LogP contribution in [0.15, 0.2) is 0 Å². The van der Waals surface area contributed by atoms with Gasteiger partial charge in [-0.15, -0.1) is 0 Å². The van der Waals surface area contributed by atoms with Crippen LogP contribution >= 0.6 is 0 Å². The zero-order chi connectivity index (χ0) is 13.4. The monoisotopic (exact) mass is 256 g/mol. The van der Waals surface area contributed by atoms with Gasteiger partial charge in [-0.1, -0.05) is 6.92 Å². The van der Waals surface area contributed by atoms with E-state index in [-0.39, 0.29) is 12.6 Å². The summed E-state index contributed by atoms with van der Waals surface area (Å²) < 4.78 is 0. The Labute approximate surface area is 104 Å². The number of carbonyl (C=O) groups is 3. The van der Waals surface area contributed by atoms with E-state index in [0.717, 1.165) is 0 Å². The molecule has 2 heterocycles. The predicted molar refractivity (Wildman–Crippen MR) is 60.4 cm³/mol. The van der Waals surface area contributed by atoms with Crippen LogP contribution in [0.3, 0.4) is 0 Å². The highest BCUT2D eigenvalue weighted by molar-refractivity contribution is 5.71. The Kier molecular flexibility index (Phi) is 3.14. The zero-order valence-electron chi connectivity index (χ0n) is 10.0. The minimum atomic E-state index is -1.09. The first-order valence-electron chi connectivity index (χ1n) is 5.93. The van der Waals surface area contributed by atoms with Crippen LogP contribution in [0.5, 0.6) is 0 Å². The first-order chi connectivity index (χ1) is 8.47. The van der Waals surface area contributed by atoms with Crippen molar-refractivity contribution in [2.45, 2.75) is 37.9 Å². The van der Waals surface area contributed by atoms with Gasteiger partial charge in [0, 0.05) is 12.5 Å². The van der Waals surface area contributed by atoms with Crippen molar-refractivity contribution < 1.29 is 24.6 Å². The van der Waals surface area contributed by atoms with Crippen molar-refractivity contribution in [3.8, 4) is 0 Å². The second kappa shape index (κ2) is 4.47. The third-order valence-electron chi connectivity index (χ3n) is 3.93. The van der Waals surface area contributed by atoms with Gasteiger partial charge < -0.3 is 19.9 Å². The summed E-state index contributed by atoms with van der Waals surface area (Å²) >= 11 is 0. The summed E-state index contributed by atoms with van der Waals surface area (Å²) in [5, 5.41) is 18.4. The van der Waals surface area contributed by atoms with Crippen molar-refractivity contribution in [2.75, 3.05) is 6.54 Å². The van der Waals surface area contributed by atoms with Gasteiger partial charge in [0.1, 0.15) is 6.29 Å². The molecule has 7 nitrogen and oxygen atoms in total. The Morgan fingerprint density at radius 1 is 1.28 bits per heavy atom. The number of fused-ring (bicyclic) bond motifs is 2. The minimum absolute atomic E-state index is 0.154. The Bertz CT molecular complexity index is 386. The lowest BCUT2D eigenvalue weighted by Crippen LogP contribution is -2.64. The van der Waals surface area contributed by atoms with Crippen LogP contribution in [0, 0.1) is 5.92 Å². The standard InChI is InChI=1S/C11H16N2O5/c1-6(5-14)9-8-3-2-7(13(8)11(17)18)4-12(9)10(15)16/h5-9H,2-4H2,1H3,(H,15,16)(H,17,18)/t6-,7-,8+,9+/m1/s1. The summed E-state index contributed by atoms with van der Waals surface area (Å²) in [5.74, 6) is -0.507. The Morgan fingerprint density at radius 3 is 2.44 bits per heavy atom. The highest BCUT2D eigenvalue weighted by Crippen LogP contribution is 2.36. The molecule has 0 spiro atoms. The van der Waals surface area contributed by atoms with Crippen molar-refractivity contribution in [3.63, 3.8) is 0 Å². The van der Waals surface area contributed by atoms with Gasteiger partial charge in [0.15, 0.2) is 0 Å². The van der Waals surface area contributed by atoms with Gasteiger partial charge in [-0.2, -0.15) is 0 Å². The molecule has 0 saturated carbocycles. The average Bonchev–Trinajstić information content (AvgIpc) is 2.63. The molecule has 2 aliphatic heterocycles. The maximum Gasteiger partial charge on any atom is 0.407 e. The molecule has 100 valence electrons. The highest BCUT2D eigenvalue weighted by atomic mass is 16.4. The summed E-state index contributed by atoms with van der Waals surface area (Å²) in [6.07, 6.45) is -0.155. The van der Waals surface area contributed by atoms with Crippen molar-refractivity contribution >= 4 is 18.5 Å². The van der Waals surface area contributed by atoms with E-state index in [1.807, 2.05) is 0 Å². The zero-order valence-corrected chi connectivity index (χ0v) is 10.0. The molecule has 2 N–H and O–H groups in total. The van der Waals surface area contributed by atoms with Crippen LogP contribution in [0.25, 0.3) is 0 Å². The normalized spacial score (nSPS) is 32.2. The van der Waals surface area contributed by atoms with E-state index in [9.17, 15) is 24.6 Å². The molecule has 0 aliphatic carbocycles. The molecule has 2 aliphatic rings. The van der Waals surface area contributed by atoms with E-state index in [0.29, 0.717) is 19.1 Å². The maximum atomic E-state index is 11.2. The lowest BCUT2D eigenvalue weighted by atomic mass is 9.92. The number of rotatable bonds is 2. The van der Waals surface area contributed by atoms with Gasteiger partial charge >= 0.3 is 12.2 Å². The van der Waals surface area contributed by atoms with E-state index in [4.69, 9.17) is 0 Å². The van der Waals surface area contributed by atoms with Gasteiger partial charge in [-0.3, -0.25) is 4.90 Å². The molecule has 2 amide bonds. The van der Waals surface area contributed by atoms with E-state index in [1.54, 1.807) is 6.92 Å². The molecule has 7 heteroatoms. The second-order valence-electron chi connectivity index (χ2n) is 4.91. The summed E-state index contributed by atoms with van der Waals surface area (Å²) in [6, 6.07) is -1.26. The van der Waals surface area contributed by atoms with Crippen molar-refractivity contribution in [1.29, 1.82) is 0 Å². The lowest BCUT2D eigenvalue weighted by molar-refractivity contribution is -0.114. The molecule has 18 heavy (non-hydrogen) atoms. The quantitative estimate of drug-likeness (QED) is 0.708. The molecule has 0 aromatic rings. The van der Waals surface area contributed by atoms with Crippen molar-refractivity contribution in [3.05, 3.63) is 0 Å². The van der Waals surface area contributed by atoms with E-state index >= 15 is 0 Å². The van der Waals surface area contributed by atoms with Crippen LogP contribution in [0.4, 0.5) is 9.59 Å². The van der Waals surface area contributed by atoms with Crippen LogP contribution in [-0.4, -0.2) is 63.2 Å². The molecule has 0 aromatic heterocycles. The fourth-order valence-electron chi connectivity index (χ4n) is 3.20.